The van der Waals surface area contributed by atoms with Crippen molar-refractivity contribution in [1.82, 2.24) is 4.90 Å². The number of nitrogens with zero attached hydrogens (tertiary/aromatic N) is 2. The van der Waals surface area contributed by atoms with Crippen molar-refractivity contribution in [1.29, 1.82) is 0 Å². The monoisotopic (exact) mass is 434 g/mol. The first kappa shape index (κ1) is 20.2. The van der Waals surface area contributed by atoms with Crippen molar-refractivity contribution >= 4 is 17.6 Å². The van der Waals surface area contributed by atoms with E-state index in [0.717, 1.165) is 56.2 Å². The molecule has 2 saturated carbocycles. The third-order valence-electron chi connectivity index (χ3n) is 8.74. The van der Waals surface area contributed by atoms with E-state index in [1.54, 1.807) is 7.11 Å². The molecule has 0 radical (unpaired) electrons. The molecule has 6 nitrogen and oxygen atoms in total. The number of hydrogen-bond acceptors (Lipinski definition) is 5. The molecule has 168 valence electrons. The van der Waals surface area contributed by atoms with E-state index in [1.165, 1.54) is 37.6 Å². The minimum absolute atomic E-state index is 0.0204. The van der Waals surface area contributed by atoms with Crippen LogP contribution in [0.4, 0.5) is 0 Å². The number of aliphatic imine (C=N–C) groups is 1. The summed E-state index contributed by atoms with van der Waals surface area (Å²) in [6.07, 6.45) is 8.37. The van der Waals surface area contributed by atoms with Crippen molar-refractivity contribution in [3.8, 4) is 5.75 Å². The van der Waals surface area contributed by atoms with Crippen LogP contribution < -0.4 is 4.74 Å². The fourth-order valence-corrected chi connectivity index (χ4v) is 7.07. The molecule has 1 unspecified atom stereocenters. The summed E-state index contributed by atoms with van der Waals surface area (Å²) in [5.41, 5.74) is 3.87. The summed E-state index contributed by atoms with van der Waals surface area (Å²) < 4.78 is 10.5. The predicted molar refractivity (Wildman–Crippen MR) is 120 cm³/mol. The van der Waals surface area contributed by atoms with E-state index in [-0.39, 0.29) is 22.3 Å². The highest BCUT2D eigenvalue weighted by Crippen LogP contribution is 2.64. The maximum absolute atomic E-state index is 12.6. The van der Waals surface area contributed by atoms with Gasteiger partial charge in [-0.05, 0) is 79.7 Å². The molecule has 1 amide bonds. The number of amides is 1. The summed E-state index contributed by atoms with van der Waals surface area (Å²) in [6.45, 7) is 3.36. The standard InChI is InChI=1S/C26H30N2O4/c1-31-19-6-5-17-11-25-12-18-9-20(24(30)32-2)23(29)27-22(18)13-26(25,21(17)10-19)7-8-28(15-25)14-16-3-4-16/h5-6,9-10,16,18H,3-4,7-8,11-15H2,1-2H3/t18?,25-,26-/m1/s1. The predicted octanol–water partition coefficient (Wildman–Crippen LogP) is 3.08. The van der Waals surface area contributed by atoms with E-state index >= 15 is 0 Å². The summed E-state index contributed by atoms with van der Waals surface area (Å²) in [5.74, 6) is 0.743. The Morgan fingerprint density at radius 2 is 2.09 bits per heavy atom. The topological polar surface area (TPSA) is 68.2 Å². The molecule has 0 aromatic heterocycles. The normalized spacial score (nSPS) is 33.3. The number of hydrogen-bond donors (Lipinski definition) is 0. The van der Waals surface area contributed by atoms with Crippen molar-refractivity contribution < 1.29 is 19.1 Å². The van der Waals surface area contributed by atoms with Gasteiger partial charge in [0.25, 0.3) is 5.91 Å². The average Bonchev–Trinajstić information content (AvgIpc) is 3.56. The first-order chi connectivity index (χ1) is 15.5. The molecule has 6 heteroatoms. The van der Waals surface area contributed by atoms with Gasteiger partial charge in [-0.25, -0.2) is 9.79 Å². The second kappa shape index (κ2) is 7.01. The zero-order valence-corrected chi connectivity index (χ0v) is 18.9. The van der Waals surface area contributed by atoms with Crippen molar-refractivity contribution in [2.45, 2.75) is 43.9 Å². The van der Waals surface area contributed by atoms with Gasteiger partial charge in [0, 0.05) is 30.1 Å². The number of fused-ring (bicyclic) bond motifs is 2. The summed E-state index contributed by atoms with van der Waals surface area (Å²) in [5, 5.41) is 0. The summed E-state index contributed by atoms with van der Waals surface area (Å²) in [7, 11) is 3.04. The van der Waals surface area contributed by atoms with Gasteiger partial charge in [-0.3, -0.25) is 4.79 Å². The quantitative estimate of drug-likeness (QED) is 0.538. The third-order valence-corrected chi connectivity index (χ3v) is 8.74. The van der Waals surface area contributed by atoms with Gasteiger partial charge < -0.3 is 14.4 Å². The lowest BCUT2D eigenvalue weighted by Gasteiger charge is -2.58. The highest BCUT2D eigenvalue weighted by molar-refractivity contribution is 6.22. The van der Waals surface area contributed by atoms with Crippen LogP contribution in [-0.2, 0) is 26.2 Å². The fourth-order valence-electron chi connectivity index (χ4n) is 7.07. The summed E-state index contributed by atoms with van der Waals surface area (Å²) in [4.78, 5) is 32.0. The van der Waals surface area contributed by atoms with Crippen molar-refractivity contribution in [3.05, 3.63) is 41.0 Å². The molecule has 0 spiro atoms. The largest absolute Gasteiger partial charge is 0.497 e. The van der Waals surface area contributed by atoms with Crippen LogP contribution in [0, 0.1) is 17.3 Å². The molecule has 1 saturated heterocycles. The molecule has 0 bridgehead atoms. The number of allylic oxidation sites excluding steroid dienone is 1. The average molecular weight is 435 g/mol. The lowest BCUT2D eigenvalue weighted by Crippen LogP contribution is -2.61. The molecule has 0 N–H and O–H groups in total. The van der Waals surface area contributed by atoms with Gasteiger partial charge in [0.15, 0.2) is 0 Å². The van der Waals surface area contributed by atoms with Crippen LogP contribution in [0.3, 0.4) is 0 Å². The highest BCUT2D eigenvalue weighted by atomic mass is 16.5. The molecule has 1 aromatic rings. The number of likely N-dealkylation sites (tertiary alicyclic amines) is 1. The lowest BCUT2D eigenvalue weighted by atomic mass is 9.50. The van der Waals surface area contributed by atoms with Crippen molar-refractivity contribution in [3.63, 3.8) is 0 Å². The fraction of sp³-hybridized carbons (Fsp3) is 0.577. The third kappa shape index (κ3) is 2.84. The van der Waals surface area contributed by atoms with E-state index in [4.69, 9.17) is 9.47 Å². The van der Waals surface area contributed by atoms with Crippen LogP contribution in [0.25, 0.3) is 0 Å². The van der Waals surface area contributed by atoms with Crippen molar-refractivity contribution in [2.24, 2.45) is 22.2 Å². The van der Waals surface area contributed by atoms with Gasteiger partial charge in [-0.15, -0.1) is 0 Å². The van der Waals surface area contributed by atoms with Gasteiger partial charge >= 0.3 is 5.97 Å². The number of dihydropyridines is 1. The molecular formula is C26H30N2O4. The minimum Gasteiger partial charge on any atom is -0.497 e. The van der Waals surface area contributed by atoms with Crippen molar-refractivity contribution in [2.75, 3.05) is 33.9 Å². The maximum atomic E-state index is 12.6. The first-order valence-corrected chi connectivity index (χ1v) is 11.8. The Kier molecular flexibility index (Phi) is 4.42. The Labute approximate surface area is 188 Å². The second-order valence-corrected chi connectivity index (χ2v) is 10.5. The Morgan fingerprint density at radius 1 is 1.25 bits per heavy atom. The molecule has 5 aliphatic rings. The van der Waals surface area contributed by atoms with Gasteiger partial charge in [0.1, 0.15) is 11.3 Å². The number of benzene rings is 1. The highest BCUT2D eigenvalue weighted by Gasteiger charge is 2.63. The Morgan fingerprint density at radius 3 is 2.84 bits per heavy atom. The van der Waals surface area contributed by atoms with E-state index in [2.05, 4.69) is 28.1 Å². The summed E-state index contributed by atoms with van der Waals surface area (Å²) >= 11 is 0. The molecular weight excluding hydrogens is 404 g/mol. The van der Waals surface area contributed by atoms with Crippen LogP contribution in [0.2, 0.25) is 0 Å². The number of carbonyl (C=O) groups excluding carboxylic acids is 2. The zero-order chi connectivity index (χ0) is 22.1. The Balaban J connectivity index is 1.43. The van der Waals surface area contributed by atoms with Gasteiger partial charge in [0.05, 0.1) is 14.2 Å². The van der Waals surface area contributed by atoms with E-state index in [9.17, 15) is 9.59 Å². The van der Waals surface area contributed by atoms with Crippen LogP contribution >= 0.6 is 0 Å². The molecule has 6 rings (SSSR count). The molecule has 3 atom stereocenters. The second-order valence-electron chi connectivity index (χ2n) is 10.5. The number of ether oxygens (including phenoxy) is 2. The molecule has 3 aliphatic carbocycles. The maximum Gasteiger partial charge on any atom is 0.343 e. The van der Waals surface area contributed by atoms with E-state index in [1.807, 2.05) is 6.08 Å². The molecule has 2 heterocycles. The number of piperidine rings is 1. The van der Waals surface area contributed by atoms with Crippen LogP contribution in [0.15, 0.2) is 34.8 Å². The van der Waals surface area contributed by atoms with Crippen LogP contribution in [-0.4, -0.2) is 56.3 Å². The first-order valence-electron chi connectivity index (χ1n) is 11.8. The number of methoxy groups -OCH3 is 2. The zero-order valence-electron chi connectivity index (χ0n) is 18.9. The molecule has 3 fully saturated rings. The van der Waals surface area contributed by atoms with Crippen LogP contribution in [0.1, 0.15) is 43.2 Å². The minimum atomic E-state index is -0.578. The number of esters is 1. The molecule has 2 aliphatic heterocycles. The SMILES string of the molecule is COC(=O)C1=CC2C[C@@]34Cc5ccc(OC)cc5[C@@]3(CCN(CC3CC3)C4)CC2=NC1=O. The van der Waals surface area contributed by atoms with Gasteiger partial charge in [-0.2, -0.15) is 0 Å². The van der Waals surface area contributed by atoms with E-state index in [0.29, 0.717) is 0 Å². The van der Waals surface area contributed by atoms with Gasteiger partial charge in [-0.1, -0.05) is 12.1 Å². The van der Waals surface area contributed by atoms with Gasteiger partial charge in [0.2, 0.25) is 0 Å². The van der Waals surface area contributed by atoms with Crippen LogP contribution in [0.5, 0.6) is 5.75 Å². The number of carbonyl (C=O) groups is 2. The molecule has 1 aromatic carbocycles. The van der Waals surface area contributed by atoms with E-state index < -0.39 is 11.9 Å². The smallest absolute Gasteiger partial charge is 0.343 e. The lowest BCUT2D eigenvalue weighted by molar-refractivity contribution is -0.137. The Bertz CT molecular complexity index is 1070. The number of rotatable bonds is 4. The Hall–Kier alpha value is -2.47. The summed E-state index contributed by atoms with van der Waals surface area (Å²) in [6, 6.07) is 6.54. The molecule has 32 heavy (non-hydrogen) atoms.